The maximum absolute atomic E-state index is 13.3. The Hall–Kier alpha value is -3.35. The first-order chi connectivity index (χ1) is 17.6. The van der Waals surface area contributed by atoms with E-state index in [-0.39, 0.29) is 11.9 Å². The number of carbonyl (C=O) groups is 1. The molecule has 0 bridgehead atoms. The van der Waals surface area contributed by atoms with Gasteiger partial charge in [0.25, 0.3) is 5.91 Å². The molecule has 0 spiro atoms. The van der Waals surface area contributed by atoms with Gasteiger partial charge in [0.1, 0.15) is 11.0 Å². The molecule has 0 unspecified atom stereocenters. The molecular weight excluding hydrogens is 488 g/mol. The van der Waals surface area contributed by atoms with E-state index in [9.17, 15) is 4.79 Å². The topological polar surface area (TPSA) is 58.1 Å². The zero-order chi connectivity index (χ0) is 25.3. The molecule has 0 fully saturated rings. The molecule has 4 aromatic rings. The molecule has 36 heavy (non-hydrogen) atoms. The fourth-order valence-corrected chi connectivity index (χ4v) is 5.00. The van der Waals surface area contributed by atoms with Crippen LogP contribution in [0.4, 0.5) is 5.82 Å². The van der Waals surface area contributed by atoms with Crippen LogP contribution in [0, 0.1) is 0 Å². The highest BCUT2D eigenvalue weighted by Gasteiger charge is 2.18. The zero-order valence-electron chi connectivity index (χ0n) is 20.4. The number of hydrogen-bond acceptors (Lipinski definition) is 5. The van der Waals surface area contributed by atoms with Gasteiger partial charge in [0.15, 0.2) is 5.16 Å². The van der Waals surface area contributed by atoms with Gasteiger partial charge < -0.3 is 10.2 Å². The van der Waals surface area contributed by atoms with Crippen LogP contribution in [0.1, 0.15) is 46.9 Å². The van der Waals surface area contributed by atoms with Gasteiger partial charge in [0.2, 0.25) is 0 Å². The number of aromatic nitrogens is 2. The third-order valence-electron chi connectivity index (χ3n) is 5.85. The summed E-state index contributed by atoms with van der Waals surface area (Å²) >= 11 is 7.77. The maximum Gasteiger partial charge on any atom is 0.252 e. The van der Waals surface area contributed by atoms with Crippen molar-refractivity contribution in [2.24, 2.45) is 0 Å². The largest absolute Gasteiger partial charge is 0.357 e. The minimum atomic E-state index is -0.240. The number of halogens is 1. The first kappa shape index (κ1) is 25.7. The van der Waals surface area contributed by atoms with Crippen molar-refractivity contribution in [3.05, 3.63) is 118 Å². The van der Waals surface area contributed by atoms with E-state index in [0.29, 0.717) is 21.6 Å². The fraction of sp³-hybridized carbons (Fsp3) is 0.207. The predicted molar refractivity (Wildman–Crippen MR) is 149 cm³/mol. The van der Waals surface area contributed by atoms with Crippen LogP contribution in [-0.4, -0.2) is 29.0 Å². The standard InChI is InChI=1S/C29H29ClN4OS/c1-3-34(4-2)26-19-25(30)31-29(32-26)36-20-21-12-11-17-24(18-21)28(35)33-27(22-13-7-5-8-14-22)23-15-9-6-10-16-23/h5-19,27H,3-4,20H2,1-2H3,(H,33,35). The Morgan fingerprint density at radius 3 is 2.14 bits per heavy atom. The highest BCUT2D eigenvalue weighted by atomic mass is 35.5. The summed E-state index contributed by atoms with van der Waals surface area (Å²) in [7, 11) is 0. The SMILES string of the molecule is CCN(CC)c1cc(Cl)nc(SCc2cccc(C(=O)NC(c3ccccc3)c3ccccc3)c2)n1. The molecule has 0 radical (unpaired) electrons. The van der Waals surface area contributed by atoms with E-state index >= 15 is 0 Å². The molecule has 0 aliphatic carbocycles. The van der Waals surface area contributed by atoms with Crippen molar-refractivity contribution in [3.8, 4) is 0 Å². The first-order valence-electron chi connectivity index (χ1n) is 12.0. The van der Waals surface area contributed by atoms with Gasteiger partial charge in [-0.2, -0.15) is 0 Å². The lowest BCUT2D eigenvalue weighted by molar-refractivity contribution is 0.0943. The van der Waals surface area contributed by atoms with E-state index < -0.39 is 0 Å². The summed E-state index contributed by atoms with van der Waals surface area (Å²) < 4.78 is 0. The molecular formula is C29H29ClN4OS. The van der Waals surface area contributed by atoms with E-state index in [1.165, 1.54) is 11.8 Å². The summed E-state index contributed by atoms with van der Waals surface area (Å²) in [6.07, 6.45) is 0. The molecule has 5 nitrogen and oxygen atoms in total. The van der Waals surface area contributed by atoms with Crippen molar-refractivity contribution in [1.29, 1.82) is 0 Å². The molecule has 0 saturated carbocycles. The molecule has 7 heteroatoms. The van der Waals surface area contributed by atoms with Gasteiger partial charge in [-0.05, 0) is 42.7 Å². The molecule has 1 heterocycles. The molecule has 3 aromatic carbocycles. The lowest BCUT2D eigenvalue weighted by Gasteiger charge is -2.20. The number of hydrogen-bond donors (Lipinski definition) is 1. The average Bonchev–Trinajstić information content (AvgIpc) is 2.92. The van der Waals surface area contributed by atoms with E-state index in [1.807, 2.05) is 84.9 Å². The number of amides is 1. The lowest BCUT2D eigenvalue weighted by atomic mass is 9.98. The second-order valence-electron chi connectivity index (χ2n) is 8.22. The van der Waals surface area contributed by atoms with E-state index in [1.54, 1.807) is 6.07 Å². The summed E-state index contributed by atoms with van der Waals surface area (Å²) in [5, 5.41) is 4.26. The highest BCUT2D eigenvalue weighted by Crippen LogP contribution is 2.26. The molecule has 4 rings (SSSR count). The van der Waals surface area contributed by atoms with Crippen LogP contribution < -0.4 is 10.2 Å². The number of rotatable bonds is 10. The summed E-state index contributed by atoms with van der Waals surface area (Å²) in [4.78, 5) is 24.5. The van der Waals surface area contributed by atoms with E-state index in [2.05, 4.69) is 34.0 Å². The number of carbonyl (C=O) groups excluding carboxylic acids is 1. The smallest absolute Gasteiger partial charge is 0.252 e. The number of benzene rings is 3. The van der Waals surface area contributed by atoms with Crippen LogP contribution in [0.15, 0.2) is 96.2 Å². The van der Waals surface area contributed by atoms with Gasteiger partial charge in [0, 0.05) is 30.5 Å². The molecule has 0 aliphatic rings. The Kier molecular flexibility index (Phi) is 8.98. The second kappa shape index (κ2) is 12.6. The molecule has 184 valence electrons. The summed E-state index contributed by atoms with van der Waals surface area (Å²) in [5.74, 6) is 1.32. The van der Waals surface area contributed by atoms with Gasteiger partial charge in [-0.15, -0.1) is 0 Å². The second-order valence-corrected chi connectivity index (χ2v) is 9.55. The summed E-state index contributed by atoms with van der Waals surface area (Å²) in [5.41, 5.74) is 3.69. The molecule has 1 aromatic heterocycles. The Bertz CT molecular complexity index is 1240. The third-order valence-corrected chi connectivity index (χ3v) is 6.96. The third kappa shape index (κ3) is 6.65. The monoisotopic (exact) mass is 516 g/mol. The van der Waals surface area contributed by atoms with Crippen LogP contribution in [0.25, 0.3) is 0 Å². The maximum atomic E-state index is 13.3. The van der Waals surface area contributed by atoms with Crippen LogP contribution in [0.5, 0.6) is 0 Å². The van der Waals surface area contributed by atoms with Crippen molar-refractivity contribution in [1.82, 2.24) is 15.3 Å². The van der Waals surface area contributed by atoms with Crippen molar-refractivity contribution in [2.75, 3.05) is 18.0 Å². The van der Waals surface area contributed by atoms with Crippen molar-refractivity contribution in [3.63, 3.8) is 0 Å². The minimum Gasteiger partial charge on any atom is -0.357 e. The fourth-order valence-electron chi connectivity index (χ4n) is 3.97. The quantitative estimate of drug-likeness (QED) is 0.143. The van der Waals surface area contributed by atoms with Crippen molar-refractivity contribution < 1.29 is 4.79 Å². The predicted octanol–water partition coefficient (Wildman–Crippen LogP) is 6.79. The Morgan fingerprint density at radius 1 is 0.889 bits per heavy atom. The van der Waals surface area contributed by atoms with Gasteiger partial charge in [-0.1, -0.05) is 96.2 Å². The number of anilines is 1. The average molecular weight is 517 g/mol. The molecule has 1 amide bonds. The van der Waals surface area contributed by atoms with Gasteiger partial charge in [0.05, 0.1) is 6.04 Å². The molecule has 0 saturated heterocycles. The zero-order valence-corrected chi connectivity index (χ0v) is 22.0. The van der Waals surface area contributed by atoms with Crippen LogP contribution in [-0.2, 0) is 5.75 Å². The van der Waals surface area contributed by atoms with Crippen LogP contribution in [0.3, 0.4) is 0 Å². The number of thioether (sulfide) groups is 1. The summed E-state index contributed by atoms with van der Waals surface area (Å²) in [6.45, 7) is 5.86. The normalized spacial score (nSPS) is 10.9. The van der Waals surface area contributed by atoms with Crippen LogP contribution >= 0.6 is 23.4 Å². The van der Waals surface area contributed by atoms with Gasteiger partial charge in [-0.25, -0.2) is 9.97 Å². The molecule has 0 atom stereocenters. The molecule has 0 aliphatic heterocycles. The van der Waals surface area contributed by atoms with E-state index in [4.69, 9.17) is 11.6 Å². The van der Waals surface area contributed by atoms with Crippen molar-refractivity contribution >= 4 is 35.1 Å². The van der Waals surface area contributed by atoms with Gasteiger partial charge in [-0.3, -0.25) is 4.79 Å². The van der Waals surface area contributed by atoms with Crippen molar-refractivity contribution in [2.45, 2.75) is 30.8 Å². The Balaban J connectivity index is 1.49. The highest BCUT2D eigenvalue weighted by molar-refractivity contribution is 7.98. The minimum absolute atomic E-state index is 0.123. The number of nitrogens with one attached hydrogen (secondary N) is 1. The Labute approximate surface area is 221 Å². The van der Waals surface area contributed by atoms with Gasteiger partial charge >= 0.3 is 0 Å². The van der Waals surface area contributed by atoms with E-state index in [0.717, 1.165) is 35.6 Å². The first-order valence-corrected chi connectivity index (χ1v) is 13.4. The lowest BCUT2D eigenvalue weighted by Crippen LogP contribution is -2.29. The summed E-state index contributed by atoms with van der Waals surface area (Å²) in [6, 6.07) is 29.2. The Morgan fingerprint density at radius 2 is 1.53 bits per heavy atom. The number of nitrogens with zero attached hydrogens (tertiary/aromatic N) is 3. The molecule has 1 N–H and O–H groups in total. The van der Waals surface area contributed by atoms with Crippen LogP contribution in [0.2, 0.25) is 5.15 Å².